The summed E-state index contributed by atoms with van der Waals surface area (Å²) < 4.78 is 0. The molecule has 0 aliphatic carbocycles. The molecule has 2 saturated heterocycles. The fourth-order valence-corrected chi connectivity index (χ4v) is 8.30. The van der Waals surface area contributed by atoms with Gasteiger partial charge in [0.1, 0.15) is 48.3 Å². The lowest BCUT2D eigenvalue weighted by Crippen LogP contribution is -2.57. The number of likely N-dealkylation sites (tertiary alicyclic amines) is 2. The van der Waals surface area contributed by atoms with Crippen molar-refractivity contribution in [3.8, 4) is 0 Å². The molecular weight excluding hydrogens is 905 g/mol. The van der Waals surface area contributed by atoms with Crippen LogP contribution in [-0.2, 0) is 57.5 Å². The van der Waals surface area contributed by atoms with Crippen LogP contribution in [0.1, 0.15) is 111 Å². The molecule has 3 heterocycles. The third-order valence-electron chi connectivity index (χ3n) is 12.2. The molecule has 69 heavy (non-hydrogen) atoms. The van der Waals surface area contributed by atoms with Gasteiger partial charge < -0.3 is 62.5 Å². The first kappa shape index (κ1) is 54.5. The van der Waals surface area contributed by atoms with Gasteiger partial charge in [0.25, 0.3) is 0 Å². The summed E-state index contributed by atoms with van der Waals surface area (Å²) in [6, 6.07) is -3.62. The van der Waals surface area contributed by atoms with E-state index in [1.54, 1.807) is 39.0 Å². The number of nitrogens with one attached hydrogen (secondary N) is 8. The van der Waals surface area contributed by atoms with Crippen molar-refractivity contribution in [2.24, 2.45) is 5.92 Å². The summed E-state index contributed by atoms with van der Waals surface area (Å²) in [5, 5.41) is 38.5. The zero-order valence-corrected chi connectivity index (χ0v) is 39.8. The van der Waals surface area contributed by atoms with E-state index in [1.165, 1.54) is 37.5 Å². The number of carbonyl (C=O) groups excluding carboxylic acids is 10. The Hall–Kier alpha value is -7.14. The van der Waals surface area contributed by atoms with E-state index in [-0.39, 0.29) is 32.4 Å². The number of anilines is 2. The lowest BCUT2D eigenvalue weighted by Gasteiger charge is -2.34. The Kier molecular flexibility index (Phi) is 19.1. The predicted octanol–water partition coefficient (Wildman–Crippen LogP) is -0.963. The zero-order chi connectivity index (χ0) is 51.4. The number of hydrogen-bond donors (Lipinski definition) is 10. The quantitative estimate of drug-likeness (QED) is 0.0710. The molecule has 1 aromatic rings. The van der Waals surface area contributed by atoms with Crippen molar-refractivity contribution in [1.29, 1.82) is 0 Å². The standard InChI is InChI=1S/C45H64N10O14/c1-21(2)36(52-40(64)30-10-8-18-54(30)44(68)25(6)48-38(62)23(4)46-32(56)14-16-34(58)59)42(66)50-27-12-13-29-28(20-27)22(3)37(43(67)51-29)53-41(65)31-11-9-19-55(31)45(69)26(7)49-39(63)24(5)47-33(57)15-17-35(60)61/h12-13,20-26,30-31,36-37H,8-11,14-19H2,1-7H3,(H,46,56)(H,47,57)(H,48,62)(H,49,63)(H,50,66)(H,51,67)(H,52,64)(H,53,65)(H,58,59)(H,60,61)/t22-,23-,24-,25-,26-,30?,31?,36-,37?/m0/s1. The fourth-order valence-electron chi connectivity index (χ4n) is 8.30. The van der Waals surface area contributed by atoms with Crippen LogP contribution in [0, 0.1) is 5.92 Å². The molecule has 1 aromatic carbocycles. The smallest absolute Gasteiger partial charge is 0.303 e. The summed E-state index contributed by atoms with van der Waals surface area (Å²) in [6.45, 7) is 11.2. The third kappa shape index (κ3) is 14.7. The Bertz CT molecular complexity index is 2200. The van der Waals surface area contributed by atoms with Gasteiger partial charge in [0.2, 0.25) is 59.1 Å². The Morgan fingerprint density at radius 2 is 1.12 bits per heavy atom. The average molecular weight is 969 g/mol. The summed E-state index contributed by atoms with van der Waals surface area (Å²) in [6.07, 6.45) is 0.0225. The molecule has 3 unspecified atom stereocenters. The molecule has 10 N–H and O–H groups in total. The van der Waals surface area contributed by atoms with Crippen molar-refractivity contribution in [2.45, 2.75) is 154 Å². The molecule has 9 atom stereocenters. The van der Waals surface area contributed by atoms with E-state index in [4.69, 9.17) is 10.2 Å². The molecule has 24 nitrogen and oxygen atoms in total. The molecule has 0 aromatic heterocycles. The number of aliphatic carboxylic acids is 2. The lowest BCUT2D eigenvalue weighted by atomic mass is 9.87. The van der Waals surface area contributed by atoms with E-state index < -0.39 is 144 Å². The van der Waals surface area contributed by atoms with Crippen molar-refractivity contribution in [2.75, 3.05) is 23.7 Å². The summed E-state index contributed by atoms with van der Waals surface area (Å²) in [5.74, 6) is -9.46. The van der Waals surface area contributed by atoms with Gasteiger partial charge >= 0.3 is 11.9 Å². The number of carbonyl (C=O) groups is 12. The lowest BCUT2D eigenvalue weighted by molar-refractivity contribution is -0.142. The number of rotatable bonds is 21. The fraction of sp³-hybridized carbons (Fsp3) is 0.600. The minimum Gasteiger partial charge on any atom is -0.481 e. The maximum Gasteiger partial charge on any atom is 0.303 e. The molecule has 0 radical (unpaired) electrons. The third-order valence-corrected chi connectivity index (χ3v) is 12.2. The molecule has 10 amide bonds. The number of fused-ring (bicyclic) bond motifs is 1. The van der Waals surface area contributed by atoms with E-state index in [2.05, 4.69) is 42.5 Å². The topological polar surface area (TPSA) is 348 Å². The van der Waals surface area contributed by atoms with Crippen molar-refractivity contribution in [1.82, 2.24) is 41.7 Å². The number of benzene rings is 1. The molecule has 3 aliphatic heterocycles. The molecule has 0 bridgehead atoms. The Labute approximate surface area is 398 Å². The van der Waals surface area contributed by atoms with Crippen molar-refractivity contribution in [3.63, 3.8) is 0 Å². The van der Waals surface area contributed by atoms with Gasteiger partial charge in [-0.3, -0.25) is 57.5 Å². The first-order chi connectivity index (χ1) is 32.4. The normalized spacial score (nSPS) is 20.7. The van der Waals surface area contributed by atoms with Gasteiger partial charge in [-0.2, -0.15) is 0 Å². The van der Waals surface area contributed by atoms with Crippen LogP contribution in [-0.4, -0.2) is 152 Å². The predicted molar refractivity (Wildman–Crippen MR) is 244 cm³/mol. The van der Waals surface area contributed by atoms with Crippen LogP contribution >= 0.6 is 0 Å². The van der Waals surface area contributed by atoms with E-state index in [9.17, 15) is 57.5 Å². The van der Waals surface area contributed by atoms with E-state index in [1.807, 2.05) is 0 Å². The van der Waals surface area contributed by atoms with E-state index in [0.29, 0.717) is 36.2 Å². The van der Waals surface area contributed by atoms with Crippen molar-refractivity contribution in [3.05, 3.63) is 23.8 Å². The van der Waals surface area contributed by atoms with Gasteiger partial charge in [-0.15, -0.1) is 0 Å². The van der Waals surface area contributed by atoms with Crippen LogP contribution in [0.2, 0.25) is 0 Å². The van der Waals surface area contributed by atoms with Crippen molar-refractivity contribution >= 4 is 82.4 Å². The molecule has 2 fully saturated rings. The highest BCUT2D eigenvalue weighted by Gasteiger charge is 2.42. The van der Waals surface area contributed by atoms with Crippen LogP contribution in [0.25, 0.3) is 0 Å². The van der Waals surface area contributed by atoms with Gasteiger partial charge in [0.15, 0.2) is 0 Å². The first-order valence-electron chi connectivity index (χ1n) is 23.0. The van der Waals surface area contributed by atoms with Gasteiger partial charge in [0.05, 0.1) is 12.8 Å². The highest BCUT2D eigenvalue weighted by molar-refractivity contribution is 6.04. The molecule has 0 saturated carbocycles. The Morgan fingerprint density at radius 1 is 0.638 bits per heavy atom. The summed E-state index contributed by atoms with van der Waals surface area (Å²) >= 11 is 0. The average Bonchev–Trinajstić information content (AvgIpc) is 3.99. The number of amides is 10. The van der Waals surface area contributed by atoms with Crippen LogP contribution < -0.4 is 42.5 Å². The maximum absolute atomic E-state index is 13.8. The zero-order valence-electron chi connectivity index (χ0n) is 39.8. The molecule has 24 heteroatoms. The summed E-state index contributed by atoms with van der Waals surface area (Å²) in [5.41, 5.74) is 1.32. The minimum atomic E-state index is -1.17. The molecular formula is C45H64N10O14. The second-order valence-electron chi connectivity index (χ2n) is 18.0. The largest absolute Gasteiger partial charge is 0.481 e. The highest BCUT2D eigenvalue weighted by Crippen LogP contribution is 2.35. The second-order valence-corrected chi connectivity index (χ2v) is 18.0. The number of carboxylic acid groups (broad SMARTS) is 2. The monoisotopic (exact) mass is 968 g/mol. The van der Waals surface area contributed by atoms with E-state index in [0.717, 1.165) is 0 Å². The number of nitrogens with zero attached hydrogens (tertiary/aromatic N) is 2. The maximum atomic E-state index is 13.8. The Balaban J connectivity index is 1.35. The molecule has 4 rings (SSSR count). The Morgan fingerprint density at radius 3 is 1.58 bits per heavy atom. The molecule has 0 spiro atoms. The van der Waals surface area contributed by atoms with E-state index >= 15 is 0 Å². The van der Waals surface area contributed by atoms with Gasteiger partial charge in [-0.25, -0.2) is 0 Å². The second kappa shape index (κ2) is 24.2. The molecule has 3 aliphatic rings. The minimum absolute atomic E-state index is 0.202. The summed E-state index contributed by atoms with van der Waals surface area (Å²) in [7, 11) is 0. The van der Waals surface area contributed by atoms with Crippen LogP contribution in [0.5, 0.6) is 0 Å². The SMILES string of the molecule is CC(C)[C@H](NC(=O)C1CCCN1C(=O)[C@H](C)NC(=O)[C@H](C)NC(=O)CCC(=O)O)C(=O)Nc1ccc2c(c1)[C@H](C)C(NC(=O)C1CCCN1C(=O)[C@H](C)NC(=O)[C@H](C)NC(=O)CCC(=O)O)C(=O)N2. The van der Waals surface area contributed by atoms with Crippen molar-refractivity contribution < 1.29 is 67.7 Å². The number of carboxylic acids is 2. The van der Waals surface area contributed by atoms with Gasteiger partial charge in [-0.1, -0.05) is 20.8 Å². The highest BCUT2D eigenvalue weighted by atomic mass is 16.4. The van der Waals surface area contributed by atoms with Crippen LogP contribution in [0.15, 0.2) is 18.2 Å². The first-order valence-corrected chi connectivity index (χ1v) is 23.0. The summed E-state index contributed by atoms with van der Waals surface area (Å²) in [4.78, 5) is 155. The van der Waals surface area contributed by atoms with Crippen LogP contribution in [0.4, 0.5) is 11.4 Å². The van der Waals surface area contributed by atoms with Gasteiger partial charge in [0, 0.05) is 43.2 Å². The van der Waals surface area contributed by atoms with Gasteiger partial charge in [-0.05, 0) is 83.1 Å². The van der Waals surface area contributed by atoms with Crippen LogP contribution in [0.3, 0.4) is 0 Å². The molecule has 378 valence electrons. The number of hydrogen-bond acceptors (Lipinski definition) is 12.